The van der Waals surface area contributed by atoms with Crippen LogP contribution < -0.4 is 16.4 Å². The predicted octanol–water partition coefficient (Wildman–Crippen LogP) is 4.81. The van der Waals surface area contributed by atoms with E-state index in [-0.39, 0.29) is 17.6 Å². The summed E-state index contributed by atoms with van der Waals surface area (Å²) in [6, 6.07) is 13.9. The fraction of sp³-hybridized carbons (Fsp3) is 0.393. The minimum atomic E-state index is -0.0201. The van der Waals surface area contributed by atoms with E-state index in [1.807, 2.05) is 37.3 Å². The normalized spacial score (nSPS) is 19.5. The van der Waals surface area contributed by atoms with E-state index in [9.17, 15) is 9.59 Å². The van der Waals surface area contributed by atoms with Crippen LogP contribution in [0.1, 0.15) is 43.4 Å². The zero-order valence-corrected chi connectivity index (χ0v) is 22.9. The lowest BCUT2D eigenvalue weighted by Crippen LogP contribution is -2.28. The number of aromatic nitrogens is 1. The average Bonchev–Trinajstić information content (AvgIpc) is 2.87. The standard InChI is InChI=1S/C28H37N4O2PS/c1-20-22(12-14-27(29)32-20)18-31-28(34)17-21-11-13-26(33)25(30-15-16-35)10-6-5-7-23(21)19-36-24-8-3-2-4-9-24/h2-4,7-10,12,14,21,30H,5-6,11,13,15-19,35H2,1H3,(H2,29,32)(H,31,34)/b23-7-,25-10+. The van der Waals surface area contributed by atoms with Crippen molar-refractivity contribution < 1.29 is 9.59 Å². The third kappa shape index (κ3) is 9.11. The molecule has 192 valence electrons. The van der Waals surface area contributed by atoms with Gasteiger partial charge in [0.1, 0.15) is 5.82 Å². The van der Waals surface area contributed by atoms with Crippen molar-refractivity contribution in [3.63, 3.8) is 0 Å². The summed E-state index contributed by atoms with van der Waals surface area (Å²) in [5.74, 6) is 1.39. The van der Waals surface area contributed by atoms with Crippen molar-refractivity contribution in [2.45, 2.75) is 50.5 Å². The van der Waals surface area contributed by atoms with Gasteiger partial charge in [-0.05, 0) is 62.0 Å². The number of carbonyl (C=O) groups is 2. The molecule has 36 heavy (non-hydrogen) atoms. The molecule has 0 spiro atoms. The van der Waals surface area contributed by atoms with Crippen LogP contribution in [0.25, 0.3) is 0 Å². The van der Waals surface area contributed by atoms with Crippen molar-refractivity contribution in [3.8, 4) is 0 Å². The Morgan fingerprint density at radius 1 is 1.17 bits per heavy atom. The highest BCUT2D eigenvalue weighted by molar-refractivity contribution is 7.99. The summed E-state index contributed by atoms with van der Waals surface area (Å²) < 4.78 is 0. The molecule has 0 saturated carbocycles. The highest BCUT2D eigenvalue weighted by Crippen LogP contribution is 2.30. The number of nitrogens with one attached hydrogen (secondary N) is 2. The molecule has 1 aromatic heterocycles. The first-order valence-corrected chi connectivity index (χ1v) is 14.3. The van der Waals surface area contributed by atoms with Gasteiger partial charge in [0, 0.05) is 42.3 Å². The van der Waals surface area contributed by atoms with Crippen LogP contribution in [0.5, 0.6) is 0 Å². The van der Waals surface area contributed by atoms with E-state index < -0.39 is 0 Å². The van der Waals surface area contributed by atoms with E-state index in [1.165, 1.54) is 10.5 Å². The molecule has 1 aromatic carbocycles. The Kier molecular flexibility index (Phi) is 11.5. The van der Waals surface area contributed by atoms with Crippen molar-refractivity contribution >= 4 is 38.5 Å². The van der Waals surface area contributed by atoms with Crippen LogP contribution in [0.4, 0.5) is 5.82 Å². The van der Waals surface area contributed by atoms with Crippen molar-refractivity contribution in [1.29, 1.82) is 0 Å². The highest BCUT2D eigenvalue weighted by atomic mass is 32.2. The molecule has 2 atom stereocenters. The number of ketones is 1. The monoisotopic (exact) mass is 524 g/mol. The maximum absolute atomic E-state index is 13.0. The number of benzene rings is 1. The lowest BCUT2D eigenvalue weighted by atomic mass is 9.88. The van der Waals surface area contributed by atoms with Crippen LogP contribution in [0.2, 0.25) is 0 Å². The molecule has 2 aromatic rings. The molecule has 3 rings (SSSR count). The maximum atomic E-state index is 13.0. The number of pyridine rings is 1. The molecule has 6 nitrogen and oxygen atoms in total. The minimum Gasteiger partial charge on any atom is -0.384 e. The number of nitrogens with zero attached hydrogens (tertiary/aromatic N) is 1. The van der Waals surface area contributed by atoms with Crippen molar-refractivity contribution in [1.82, 2.24) is 15.6 Å². The molecular weight excluding hydrogens is 487 g/mol. The fourth-order valence-electron chi connectivity index (χ4n) is 4.16. The molecule has 1 heterocycles. The molecule has 8 heteroatoms. The van der Waals surface area contributed by atoms with Crippen LogP contribution in [0.3, 0.4) is 0 Å². The summed E-state index contributed by atoms with van der Waals surface area (Å²) in [5, 5.41) is 6.32. The van der Waals surface area contributed by atoms with Crippen LogP contribution >= 0.6 is 21.0 Å². The van der Waals surface area contributed by atoms with Crippen molar-refractivity contribution in [2.24, 2.45) is 5.92 Å². The number of Topliss-reactive ketones (excluding diaryl/α,β-unsaturated/α-hetero) is 1. The molecule has 0 aliphatic heterocycles. The molecule has 0 saturated heterocycles. The Morgan fingerprint density at radius 3 is 2.69 bits per heavy atom. The van der Waals surface area contributed by atoms with Gasteiger partial charge in [-0.3, -0.25) is 9.59 Å². The number of nitrogen functional groups attached to an aromatic ring is 1. The Balaban J connectivity index is 1.71. The van der Waals surface area contributed by atoms with Gasteiger partial charge in [-0.1, -0.05) is 42.0 Å². The number of aryl methyl sites for hydroxylation is 1. The van der Waals surface area contributed by atoms with Gasteiger partial charge in [-0.25, -0.2) is 4.98 Å². The first-order chi connectivity index (χ1) is 17.5. The molecule has 0 radical (unpaired) electrons. The highest BCUT2D eigenvalue weighted by Gasteiger charge is 2.22. The smallest absolute Gasteiger partial charge is 0.220 e. The van der Waals surface area contributed by atoms with Crippen LogP contribution in [0.15, 0.2) is 70.8 Å². The Hall–Kier alpha value is -2.63. The lowest BCUT2D eigenvalue weighted by Gasteiger charge is -2.22. The topological polar surface area (TPSA) is 97.1 Å². The van der Waals surface area contributed by atoms with Gasteiger partial charge in [0.05, 0.1) is 5.70 Å². The number of allylic oxidation sites excluding steroid dienone is 3. The van der Waals surface area contributed by atoms with Gasteiger partial charge in [-0.15, -0.1) is 21.0 Å². The van der Waals surface area contributed by atoms with E-state index in [0.717, 1.165) is 42.6 Å². The van der Waals surface area contributed by atoms with E-state index in [0.29, 0.717) is 37.3 Å². The van der Waals surface area contributed by atoms with Crippen molar-refractivity contribution in [2.75, 3.05) is 24.2 Å². The number of thioether (sulfide) groups is 1. The van der Waals surface area contributed by atoms with Crippen molar-refractivity contribution in [3.05, 3.63) is 77.1 Å². The summed E-state index contributed by atoms with van der Waals surface area (Å²) in [7, 11) is 2.68. The van der Waals surface area contributed by atoms with E-state index >= 15 is 0 Å². The summed E-state index contributed by atoms with van der Waals surface area (Å²) in [6.45, 7) is 3.05. The van der Waals surface area contributed by atoms with Crippen LogP contribution in [0, 0.1) is 12.8 Å². The number of amides is 1. The fourth-order valence-corrected chi connectivity index (χ4v) is 5.34. The van der Waals surface area contributed by atoms with Gasteiger partial charge in [0.25, 0.3) is 0 Å². The first kappa shape index (κ1) is 27.9. The maximum Gasteiger partial charge on any atom is 0.220 e. The largest absolute Gasteiger partial charge is 0.384 e. The van der Waals surface area contributed by atoms with Crippen LogP contribution in [-0.4, -0.2) is 35.1 Å². The second-order valence-electron chi connectivity index (χ2n) is 8.91. The molecule has 1 aliphatic carbocycles. The first-order valence-electron chi connectivity index (χ1n) is 12.5. The number of anilines is 1. The average molecular weight is 525 g/mol. The van der Waals surface area contributed by atoms with Gasteiger partial charge in [-0.2, -0.15) is 0 Å². The molecule has 1 amide bonds. The molecule has 0 fully saturated rings. The van der Waals surface area contributed by atoms with E-state index in [4.69, 9.17) is 5.73 Å². The zero-order valence-electron chi connectivity index (χ0n) is 21.0. The Morgan fingerprint density at radius 2 is 1.94 bits per heavy atom. The number of hydrogen-bond donors (Lipinski definition) is 3. The molecule has 0 bridgehead atoms. The molecular formula is C28H37N4O2PS. The van der Waals surface area contributed by atoms with Crippen LogP contribution in [-0.2, 0) is 16.1 Å². The second kappa shape index (κ2) is 14.8. The Bertz CT molecular complexity index is 1090. The quantitative estimate of drug-likeness (QED) is 0.235. The number of nitrogens with two attached hydrogens (primary N) is 1. The van der Waals surface area contributed by atoms with Gasteiger partial charge < -0.3 is 16.4 Å². The summed E-state index contributed by atoms with van der Waals surface area (Å²) >= 11 is 1.78. The Labute approximate surface area is 221 Å². The zero-order chi connectivity index (χ0) is 25.8. The minimum absolute atomic E-state index is 0.0110. The molecule has 4 N–H and O–H groups in total. The molecule has 2 unspecified atom stereocenters. The van der Waals surface area contributed by atoms with Gasteiger partial charge in [0.15, 0.2) is 5.78 Å². The van der Waals surface area contributed by atoms with Gasteiger partial charge in [0.2, 0.25) is 5.91 Å². The third-order valence-electron chi connectivity index (χ3n) is 6.20. The van der Waals surface area contributed by atoms with E-state index in [2.05, 4.69) is 43.1 Å². The molecule has 1 aliphatic rings. The second-order valence-corrected chi connectivity index (χ2v) is 10.5. The number of rotatable bonds is 10. The third-order valence-corrected chi connectivity index (χ3v) is 7.57. The SMILES string of the molecule is Cc1nc(N)ccc1CNC(=O)CC1CCC(=O)/C(NCCP)=C\CC/C=C\1CSc1ccccc1. The number of carbonyl (C=O) groups excluding carboxylic acids is 2. The summed E-state index contributed by atoms with van der Waals surface area (Å²) in [6.07, 6.45) is 8.26. The lowest BCUT2D eigenvalue weighted by molar-refractivity contribution is -0.122. The summed E-state index contributed by atoms with van der Waals surface area (Å²) in [5.41, 5.74) is 9.47. The van der Waals surface area contributed by atoms with Gasteiger partial charge >= 0.3 is 0 Å². The summed E-state index contributed by atoms with van der Waals surface area (Å²) in [4.78, 5) is 31.4. The van der Waals surface area contributed by atoms with E-state index in [1.54, 1.807) is 17.8 Å². The predicted molar refractivity (Wildman–Crippen MR) is 153 cm³/mol. The number of hydrogen-bond acceptors (Lipinski definition) is 6.